The predicted octanol–water partition coefficient (Wildman–Crippen LogP) is 4.72. The van der Waals surface area contributed by atoms with Crippen LogP contribution < -0.4 is 0 Å². The Morgan fingerprint density at radius 2 is 1.74 bits per heavy atom. The first-order valence-corrected chi connectivity index (χ1v) is 11.5. The van der Waals surface area contributed by atoms with Gasteiger partial charge in [-0.1, -0.05) is 50.0 Å². The molecule has 0 aliphatic rings. The second kappa shape index (κ2) is 8.32. The average Bonchev–Trinajstić information content (AvgIpc) is 2.39. The summed E-state index contributed by atoms with van der Waals surface area (Å²) in [7, 11) is -1.51. The molecule has 0 saturated heterocycles. The maximum Gasteiger partial charge on any atom is 0.178 e. The van der Waals surface area contributed by atoms with Crippen molar-refractivity contribution in [2.24, 2.45) is 5.41 Å². The first-order chi connectivity index (χ1) is 10.5. The molecule has 0 spiro atoms. The molecule has 23 heavy (non-hydrogen) atoms. The first-order valence-electron chi connectivity index (χ1n) is 7.97. The quantitative estimate of drug-likeness (QED) is 0.533. The molecule has 132 valence electrons. The minimum Gasteiger partial charge on any atom is -0.394 e. The van der Waals surface area contributed by atoms with Gasteiger partial charge >= 0.3 is 0 Å². The fraction of sp³-hybridized carbons (Fsp3) is 0.647. The summed E-state index contributed by atoms with van der Waals surface area (Å²) < 4.78 is 5.59. The van der Waals surface area contributed by atoms with Crippen molar-refractivity contribution in [2.75, 3.05) is 0 Å². The molecule has 0 fully saturated rings. The second-order valence-corrected chi connectivity index (χ2v) is 10.7. The van der Waals surface area contributed by atoms with Gasteiger partial charge in [0.1, 0.15) is 5.60 Å². The van der Waals surface area contributed by atoms with E-state index in [1.165, 1.54) is 0 Å². The van der Waals surface area contributed by atoms with E-state index in [1.807, 2.05) is 13.1 Å². The maximum atomic E-state index is 11.2. The normalized spacial score (nSPS) is 16.4. The molecule has 0 amide bonds. The van der Waals surface area contributed by atoms with Crippen LogP contribution in [0.1, 0.15) is 45.6 Å². The van der Waals surface area contributed by atoms with E-state index in [9.17, 15) is 10.2 Å². The summed E-state index contributed by atoms with van der Waals surface area (Å²) in [5.74, 6) is 0. The van der Waals surface area contributed by atoms with Crippen LogP contribution in [0.25, 0.3) is 0 Å². The zero-order chi connectivity index (χ0) is 17.8. The Hall–Kier alpha value is -0.103. The van der Waals surface area contributed by atoms with E-state index in [4.69, 9.17) is 27.6 Å². The summed E-state index contributed by atoms with van der Waals surface area (Å²) >= 11 is 12.0. The van der Waals surface area contributed by atoms with Gasteiger partial charge in [-0.3, -0.25) is 0 Å². The summed E-state index contributed by atoms with van der Waals surface area (Å²) in [6.45, 7) is 10.4. The smallest absolute Gasteiger partial charge is 0.178 e. The average molecular weight is 379 g/mol. The Morgan fingerprint density at radius 1 is 1.13 bits per heavy atom. The van der Waals surface area contributed by atoms with Gasteiger partial charge in [-0.05, 0) is 55.5 Å². The standard InChI is InChI=1S/C17H28Cl2O3Si/c1-16(2,3)9-6-10-17(21,15(20)22-23(4)5)12-7-8-13(18)14(19)11-12/h7-8,11,15,20-21,23H,6,9-10H2,1-5H3/t15?,17-/m1/s1. The SMILES string of the molecule is C[SiH](C)OC(O)[C@@](O)(CCCC(C)(C)C)c1ccc(Cl)c(Cl)c1. The van der Waals surface area contributed by atoms with Gasteiger partial charge in [0.25, 0.3) is 0 Å². The molecule has 0 heterocycles. The molecule has 2 N–H and O–H groups in total. The highest BCUT2D eigenvalue weighted by Crippen LogP contribution is 2.36. The fourth-order valence-corrected chi connectivity index (χ4v) is 3.47. The van der Waals surface area contributed by atoms with Gasteiger partial charge in [0.15, 0.2) is 15.3 Å². The molecular formula is C17H28Cl2O3Si. The second-order valence-electron chi connectivity index (χ2n) is 7.50. The number of aliphatic hydroxyl groups excluding tert-OH is 1. The number of halogens is 2. The van der Waals surface area contributed by atoms with E-state index in [2.05, 4.69) is 20.8 Å². The lowest BCUT2D eigenvalue weighted by Crippen LogP contribution is -2.43. The predicted molar refractivity (Wildman–Crippen MR) is 99.6 cm³/mol. The molecule has 1 rings (SSSR count). The Balaban J connectivity index is 3.06. The molecule has 0 saturated carbocycles. The summed E-state index contributed by atoms with van der Waals surface area (Å²) in [4.78, 5) is 0. The molecule has 1 aromatic carbocycles. The highest BCUT2D eigenvalue weighted by molar-refractivity contribution is 6.48. The van der Waals surface area contributed by atoms with Crippen molar-refractivity contribution in [3.8, 4) is 0 Å². The molecule has 1 aromatic rings. The first kappa shape index (κ1) is 20.9. The summed E-state index contributed by atoms with van der Waals surface area (Å²) in [5, 5.41) is 22.4. The van der Waals surface area contributed by atoms with Crippen molar-refractivity contribution in [3.05, 3.63) is 33.8 Å². The van der Waals surface area contributed by atoms with E-state index in [1.54, 1.807) is 18.2 Å². The van der Waals surface area contributed by atoms with Crippen LogP contribution in [-0.4, -0.2) is 25.5 Å². The summed E-state index contributed by atoms with van der Waals surface area (Å²) in [6, 6.07) is 4.93. The van der Waals surface area contributed by atoms with Crippen LogP contribution in [-0.2, 0) is 10.0 Å². The van der Waals surface area contributed by atoms with Crippen LogP contribution >= 0.6 is 23.2 Å². The summed E-state index contributed by atoms with van der Waals surface area (Å²) in [6.07, 6.45) is 0.819. The van der Waals surface area contributed by atoms with Gasteiger partial charge in [0.2, 0.25) is 0 Å². The summed E-state index contributed by atoms with van der Waals surface area (Å²) in [5.41, 5.74) is -0.795. The Kier molecular flexibility index (Phi) is 7.58. The number of hydrogen-bond acceptors (Lipinski definition) is 3. The minimum absolute atomic E-state index is 0.164. The van der Waals surface area contributed by atoms with E-state index >= 15 is 0 Å². The number of aliphatic hydroxyl groups is 2. The maximum absolute atomic E-state index is 11.2. The van der Waals surface area contributed by atoms with E-state index in [-0.39, 0.29) is 5.41 Å². The van der Waals surface area contributed by atoms with Crippen molar-refractivity contribution in [1.29, 1.82) is 0 Å². The van der Waals surface area contributed by atoms with Gasteiger partial charge in [0, 0.05) is 0 Å². The van der Waals surface area contributed by atoms with Crippen LogP contribution in [0.3, 0.4) is 0 Å². The Morgan fingerprint density at radius 3 is 2.22 bits per heavy atom. The fourth-order valence-electron chi connectivity index (χ4n) is 2.43. The third kappa shape index (κ3) is 6.37. The number of rotatable bonds is 7. The third-order valence-electron chi connectivity index (χ3n) is 3.71. The van der Waals surface area contributed by atoms with Gasteiger partial charge in [-0.2, -0.15) is 0 Å². The third-order valence-corrected chi connectivity index (χ3v) is 5.25. The number of hydrogen-bond donors (Lipinski definition) is 2. The van der Waals surface area contributed by atoms with Crippen LogP contribution in [0.5, 0.6) is 0 Å². The minimum atomic E-state index is -1.51. The largest absolute Gasteiger partial charge is 0.394 e. The zero-order valence-corrected chi connectivity index (χ0v) is 17.2. The highest BCUT2D eigenvalue weighted by atomic mass is 35.5. The molecule has 0 bridgehead atoms. The van der Waals surface area contributed by atoms with Crippen molar-refractivity contribution in [3.63, 3.8) is 0 Å². The molecule has 1 unspecified atom stereocenters. The molecule has 2 atom stereocenters. The van der Waals surface area contributed by atoms with E-state index in [0.717, 1.165) is 12.8 Å². The lowest BCUT2D eigenvalue weighted by atomic mass is 9.83. The molecular weight excluding hydrogens is 351 g/mol. The topological polar surface area (TPSA) is 49.7 Å². The molecule has 6 heteroatoms. The van der Waals surface area contributed by atoms with Gasteiger partial charge in [-0.25, -0.2) is 0 Å². The van der Waals surface area contributed by atoms with Gasteiger partial charge < -0.3 is 14.6 Å². The van der Waals surface area contributed by atoms with Crippen molar-refractivity contribution in [2.45, 2.75) is 65.0 Å². The van der Waals surface area contributed by atoms with Crippen LogP contribution in [0, 0.1) is 5.41 Å². The van der Waals surface area contributed by atoms with E-state index < -0.39 is 20.9 Å². The van der Waals surface area contributed by atoms with Gasteiger partial charge in [-0.15, -0.1) is 0 Å². The highest BCUT2D eigenvalue weighted by Gasteiger charge is 2.39. The van der Waals surface area contributed by atoms with Gasteiger partial charge in [0.05, 0.1) is 10.0 Å². The lowest BCUT2D eigenvalue weighted by Gasteiger charge is -2.35. The molecule has 0 aromatic heterocycles. The monoisotopic (exact) mass is 378 g/mol. The van der Waals surface area contributed by atoms with Crippen molar-refractivity contribution >= 4 is 32.2 Å². The Labute approximate surface area is 151 Å². The van der Waals surface area contributed by atoms with E-state index in [0.29, 0.717) is 22.0 Å². The number of benzene rings is 1. The van der Waals surface area contributed by atoms with Crippen molar-refractivity contribution < 1.29 is 14.6 Å². The van der Waals surface area contributed by atoms with Crippen LogP contribution in [0.2, 0.25) is 23.1 Å². The molecule has 3 nitrogen and oxygen atoms in total. The Bertz CT molecular complexity index is 517. The molecule has 0 aliphatic carbocycles. The van der Waals surface area contributed by atoms with Crippen LogP contribution in [0.4, 0.5) is 0 Å². The zero-order valence-electron chi connectivity index (χ0n) is 14.6. The molecule has 0 aliphatic heterocycles. The van der Waals surface area contributed by atoms with Crippen molar-refractivity contribution in [1.82, 2.24) is 0 Å². The van der Waals surface area contributed by atoms with Crippen LogP contribution in [0.15, 0.2) is 18.2 Å². The molecule has 0 radical (unpaired) electrons. The lowest BCUT2D eigenvalue weighted by molar-refractivity contribution is -0.181.